The molecule has 0 aliphatic rings. The van der Waals surface area contributed by atoms with Gasteiger partial charge in [0.05, 0.1) is 0 Å². The summed E-state index contributed by atoms with van der Waals surface area (Å²) in [4.78, 5) is 0. The predicted octanol–water partition coefficient (Wildman–Crippen LogP) is 3.39. The van der Waals surface area contributed by atoms with Gasteiger partial charge in [0.25, 0.3) is 0 Å². The van der Waals surface area contributed by atoms with Gasteiger partial charge in [-0.2, -0.15) is 0 Å². The van der Waals surface area contributed by atoms with Crippen molar-refractivity contribution in [1.29, 1.82) is 0 Å². The third-order valence-electron chi connectivity index (χ3n) is 2.14. The van der Waals surface area contributed by atoms with E-state index in [9.17, 15) is 0 Å². The van der Waals surface area contributed by atoms with Gasteiger partial charge in [0.15, 0.2) is 0 Å². The highest BCUT2D eigenvalue weighted by Gasteiger charge is 1.87. The molecule has 0 atom stereocenters. The SMILES string of the molecule is Cc1cccc(C#Cc2ccccc2)c1. The molecule has 0 heterocycles. The first-order valence-electron chi connectivity index (χ1n) is 4.98. The molecule has 0 unspecified atom stereocenters. The van der Waals surface area contributed by atoms with Crippen LogP contribution in [0.5, 0.6) is 0 Å². The number of hydrogen-bond donors (Lipinski definition) is 0. The average molecular weight is 192 g/mol. The van der Waals surface area contributed by atoms with Gasteiger partial charge in [0, 0.05) is 11.1 Å². The second-order valence-corrected chi connectivity index (χ2v) is 3.49. The summed E-state index contributed by atoms with van der Waals surface area (Å²) >= 11 is 0. The van der Waals surface area contributed by atoms with Gasteiger partial charge in [-0.05, 0) is 36.8 Å². The Morgan fingerprint density at radius 3 is 2.13 bits per heavy atom. The standard InChI is InChI=1S/C15H12/c1-13-6-5-9-15(12-13)11-10-14-7-3-2-4-8-14/h2-9,12H,1H3. The van der Waals surface area contributed by atoms with Crippen molar-refractivity contribution in [3.8, 4) is 11.8 Å². The van der Waals surface area contributed by atoms with Crippen molar-refractivity contribution < 1.29 is 0 Å². The highest BCUT2D eigenvalue weighted by molar-refractivity contribution is 5.43. The van der Waals surface area contributed by atoms with E-state index in [2.05, 4.69) is 30.9 Å². The lowest BCUT2D eigenvalue weighted by molar-refractivity contribution is 1.45. The van der Waals surface area contributed by atoms with Crippen LogP contribution in [0.1, 0.15) is 16.7 Å². The molecular weight excluding hydrogens is 180 g/mol. The first-order chi connectivity index (χ1) is 7.34. The van der Waals surface area contributed by atoms with Crippen LogP contribution in [0.4, 0.5) is 0 Å². The van der Waals surface area contributed by atoms with E-state index in [1.54, 1.807) is 0 Å². The minimum Gasteiger partial charge on any atom is -0.0622 e. The minimum atomic E-state index is 1.05. The van der Waals surface area contributed by atoms with Gasteiger partial charge in [-0.1, -0.05) is 42.2 Å². The monoisotopic (exact) mass is 192 g/mol. The van der Waals surface area contributed by atoms with Crippen LogP contribution in [-0.4, -0.2) is 0 Å². The van der Waals surface area contributed by atoms with Crippen LogP contribution in [0.15, 0.2) is 54.6 Å². The van der Waals surface area contributed by atoms with E-state index < -0.39 is 0 Å². The summed E-state index contributed by atoms with van der Waals surface area (Å²) in [5, 5.41) is 0. The molecule has 0 heteroatoms. The van der Waals surface area contributed by atoms with Crippen molar-refractivity contribution in [3.05, 3.63) is 71.3 Å². The van der Waals surface area contributed by atoms with Crippen LogP contribution < -0.4 is 0 Å². The maximum absolute atomic E-state index is 3.15. The average Bonchev–Trinajstić information content (AvgIpc) is 2.28. The zero-order valence-electron chi connectivity index (χ0n) is 8.70. The smallest absolute Gasteiger partial charge is 0.0251 e. The topological polar surface area (TPSA) is 0 Å². The Bertz CT molecular complexity index is 498. The van der Waals surface area contributed by atoms with E-state index in [4.69, 9.17) is 0 Å². The summed E-state index contributed by atoms with van der Waals surface area (Å²) < 4.78 is 0. The molecule has 72 valence electrons. The molecule has 0 aliphatic carbocycles. The molecule has 0 nitrogen and oxygen atoms in total. The van der Waals surface area contributed by atoms with Gasteiger partial charge in [-0.15, -0.1) is 0 Å². The summed E-state index contributed by atoms with van der Waals surface area (Å²) in [6.45, 7) is 2.08. The Kier molecular flexibility index (Phi) is 2.85. The Labute approximate surface area is 90.6 Å². The highest BCUT2D eigenvalue weighted by Crippen LogP contribution is 2.02. The summed E-state index contributed by atoms with van der Waals surface area (Å²) in [5.74, 6) is 6.29. The third kappa shape index (κ3) is 2.72. The lowest BCUT2D eigenvalue weighted by atomic mass is 10.1. The fourth-order valence-electron chi connectivity index (χ4n) is 1.39. The van der Waals surface area contributed by atoms with Gasteiger partial charge in [-0.25, -0.2) is 0 Å². The van der Waals surface area contributed by atoms with Crippen LogP contribution in [0.2, 0.25) is 0 Å². The second-order valence-electron chi connectivity index (χ2n) is 3.49. The van der Waals surface area contributed by atoms with Gasteiger partial charge < -0.3 is 0 Å². The molecule has 15 heavy (non-hydrogen) atoms. The van der Waals surface area contributed by atoms with E-state index in [1.165, 1.54) is 5.56 Å². The summed E-state index contributed by atoms with van der Waals surface area (Å²) in [6, 6.07) is 18.3. The maximum Gasteiger partial charge on any atom is 0.0251 e. The molecule has 0 aliphatic heterocycles. The van der Waals surface area contributed by atoms with E-state index >= 15 is 0 Å². The fraction of sp³-hybridized carbons (Fsp3) is 0.0667. The molecular formula is C15H12. The van der Waals surface area contributed by atoms with Crippen molar-refractivity contribution in [1.82, 2.24) is 0 Å². The largest absolute Gasteiger partial charge is 0.0622 e. The summed E-state index contributed by atoms with van der Waals surface area (Å²) in [5.41, 5.74) is 3.37. The number of hydrogen-bond acceptors (Lipinski definition) is 0. The van der Waals surface area contributed by atoms with E-state index in [0.29, 0.717) is 0 Å². The van der Waals surface area contributed by atoms with E-state index in [1.807, 2.05) is 42.5 Å². The minimum absolute atomic E-state index is 1.05. The molecule has 0 aromatic heterocycles. The molecule has 2 rings (SSSR count). The molecule has 0 saturated heterocycles. The van der Waals surface area contributed by atoms with Crippen LogP contribution in [0, 0.1) is 18.8 Å². The molecule has 0 radical (unpaired) electrons. The van der Waals surface area contributed by atoms with E-state index in [0.717, 1.165) is 11.1 Å². The van der Waals surface area contributed by atoms with Crippen molar-refractivity contribution in [2.24, 2.45) is 0 Å². The van der Waals surface area contributed by atoms with Crippen molar-refractivity contribution in [3.63, 3.8) is 0 Å². The van der Waals surface area contributed by atoms with Crippen LogP contribution >= 0.6 is 0 Å². The van der Waals surface area contributed by atoms with Crippen LogP contribution in [0.25, 0.3) is 0 Å². The number of aryl methyl sites for hydroxylation is 1. The van der Waals surface area contributed by atoms with Gasteiger partial charge >= 0.3 is 0 Å². The second kappa shape index (κ2) is 4.48. The highest BCUT2D eigenvalue weighted by atomic mass is 13.9. The molecule has 0 saturated carbocycles. The fourth-order valence-corrected chi connectivity index (χ4v) is 1.39. The maximum atomic E-state index is 3.15. The van der Waals surface area contributed by atoms with Gasteiger partial charge in [0.1, 0.15) is 0 Å². The van der Waals surface area contributed by atoms with Crippen molar-refractivity contribution in [2.75, 3.05) is 0 Å². The molecule has 2 aromatic rings. The number of benzene rings is 2. The summed E-state index contributed by atoms with van der Waals surface area (Å²) in [6.07, 6.45) is 0. The Balaban J connectivity index is 2.26. The normalized spacial score (nSPS) is 9.13. The molecule has 0 bridgehead atoms. The van der Waals surface area contributed by atoms with E-state index in [-0.39, 0.29) is 0 Å². The molecule has 0 N–H and O–H groups in total. The lowest BCUT2D eigenvalue weighted by Gasteiger charge is -1.92. The first-order valence-corrected chi connectivity index (χ1v) is 4.98. The molecule has 0 amide bonds. The Morgan fingerprint density at radius 1 is 0.733 bits per heavy atom. The van der Waals surface area contributed by atoms with Crippen LogP contribution in [0.3, 0.4) is 0 Å². The molecule has 2 aromatic carbocycles. The zero-order chi connectivity index (χ0) is 10.5. The van der Waals surface area contributed by atoms with Crippen LogP contribution in [-0.2, 0) is 0 Å². The Hall–Kier alpha value is -2.00. The predicted molar refractivity (Wildman–Crippen MR) is 63.6 cm³/mol. The summed E-state index contributed by atoms with van der Waals surface area (Å²) in [7, 11) is 0. The molecule has 0 spiro atoms. The Morgan fingerprint density at radius 2 is 1.40 bits per heavy atom. The quantitative estimate of drug-likeness (QED) is 0.561. The first kappa shape index (κ1) is 9.55. The third-order valence-corrected chi connectivity index (χ3v) is 2.14. The lowest BCUT2D eigenvalue weighted by Crippen LogP contribution is -1.77. The van der Waals surface area contributed by atoms with Crippen molar-refractivity contribution >= 4 is 0 Å². The van der Waals surface area contributed by atoms with Crippen molar-refractivity contribution in [2.45, 2.75) is 6.92 Å². The zero-order valence-corrected chi connectivity index (χ0v) is 8.70. The van der Waals surface area contributed by atoms with Gasteiger partial charge in [0.2, 0.25) is 0 Å². The number of rotatable bonds is 0. The molecule has 0 fully saturated rings. The van der Waals surface area contributed by atoms with Gasteiger partial charge in [-0.3, -0.25) is 0 Å².